The second kappa shape index (κ2) is 3.77. The normalized spacial score (nSPS) is 16.8. The van der Waals surface area contributed by atoms with Gasteiger partial charge in [-0.15, -0.1) is 0 Å². The first-order valence-corrected chi connectivity index (χ1v) is 2.62. The molecule has 0 N–H and O–H groups in total. The van der Waals surface area contributed by atoms with Gasteiger partial charge < -0.3 is 0 Å². The van der Waals surface area contributed by atoms with Crippen molar-refractivity contribution in [2.75, 3.05) is 0 Å². The summed E-state index contributed by atoms with van der Waals surface area (Å²) >= 11 is 0. The van der Waals surface area contributed by atoms with Crippen LogP contribution < -0.4 is 0 Å². The lowest BCUT2D eigenvalue weighted by molar-refractivity contribution is -0.110. The van der Waals surface area contributed by atoms with E-state index in [-0.39, 0.29) is 0 Å². The van der Waals surface area contributed by atoms with Gasteiger partial charge in [0.05, 0.1) is 0 Å². The fraction of sp³-hybridized carbons (Fsp3) is 0.600. The number of hydrogen-bond donors (Lipinski definition) is 0. The van der Waals surface area contributed by atoms with Gasteiger partial charge in [0.2, 0.25) is 5.83 Å². The SMILES string of the molecule is FC(=CC(F)C(F)F)C(F)(F)F. The van der Waals surface area contributed by atoms with Gasteiger partial charge in [0.25, 0.3) is 6.43 Å². The summed E-state index contributed by atoms with van der Waals surface area (Å²) in [5, 5.41) is 0. The van der Waals surface area contributed by atoms with E-state index in [9.17, 15) is 30.7 Å². The van der Waals surface area contributed by atoms with E-state index in [4.69, 9.17) is 0 Å². The minimum atomic E-state index is -5.40. The van der Waals surface area contributed by atoms with Crippen LogP contribution in [-0.4, -0.2) is 18.8 Å². The molecule has 0 bridgehead atoms. The molecule has 0 nitrogen and oxygen atoms in total. The molecule has 0 aliphatic heterocycles. The maximum atomic E-state index is 11.7. The van der Waals surface area contributed by atoms with Crippen LogP contribution in [-0.2, 0) is 0 Å². The first-order valence-electron chi connectivity index (χ1n) is 2.62. The fourth-order valence-electron chi connectivity index (χ4n) is 0.307. The third-order valence-corrected chi connectivity index (χ3v) is 0.817. The number of hydrogen-bond acceptors (Lipinski definition) is 0. The van der Waals surface area contributed by atoms with E-state index in [1.165, 1.54) is 0 Å². The average Bonchev–Trinajstić information content (AvgIpc) is 1.85. The van der Waals surface area contributed by atoms with Gasteiger partial charge >= 0.3 is 6.18 Å². The monoisotopic (exact) mass is 196 g/mol. The highest BCUT2D eigenvalue weighted by Crippen LogP contribution is 2.27. The Morgan fingerprint density at radius 1 is 1.08 bits per heavy atom. The number of halogens is 7. The van der Waals surface area contributed by atoms with E-state index in [0.717, 1.165) is 0 Å². The molecule has 0 amide bonds. The van der Waals surface area contributed by atoms with Gasteiger partial charge in [-0.05, 0) is 6.08 Å². The van der Waals surface area contributed by atoms with Gasteiger partial charge in [-0.3, -0.25) is 0 Å². The van der Waals surface area contributed by atoms with E-state index in [1.807, 2.05) is 0 Å². The van der Waals surface area contributed by atoms with Crippen molar-refractivity contribution in [1.29, 1.82) is 0 Å². The largest absolute Gasteiger partial charge is 0.442 e. The molecule has 0 aromatic rings. The minimum Gasteiger partial charge on any atom is -0.237 e. The molecule has 0 aromatic carbocycles. The smallest absolute Gasteiger partial charge is 0.237 e. The summed E-state index contributed by atoms with van der Waals surface area (Å²) < 4.78 is 79.5. The summed E-state index contributed by atoms with van der Waals surface area (Å²) in [6.45, 7) is 0. The van der Waals surface area contributed by atoms with Gasteiger partial charge in [-0.25, -0.2) is 17.6 Å². The molecule has 1 atom stereocenters. The first-order chi connectivity index (χ1) is 5.25. The zero-order valence-corrected chi connectivity index (χ0v) is 5.38. The van der Waals surface area contributed by atoms with Gasteiger partial charge in [-0.2, -0.15) is 13.2 Å². The molecule has 0 fully saturated rings. The molecule has 7 heteroatoms. The van der Waals surface area contributed by atoms with Crippen molar-refractivity contribution < 1.29 is 30.7 Å². The number of rotatable bonds is 2. The molecule has 12 heavy (non-hydrogen) atoms. The highest BCUT2D eigenvalue weighted by Gasteiger charge is 2.36. The van der Waals surface area contributed by atoms with Crippen LogP contribution in [0.25, 0.3) is 0 Å². The molecule has 0 saturated heterocycles. The summed E-state index contributed by atoms with van der Waals surface area (Å²) in [5.74, 6) is -2.85. The van der Waals surface area contributed by atoms with Crippen molar-refractivity contribution in [3.63, 3.8) is 0 Å². The van der Waals surface area contributed by atoms with Crippen molar-refractivity contribution in [3.8, 4) is 0 Å². The maximum Gasteiger partial charge on any atom is 0.442 e. The first kappa shape index (κ1) is 11.2. The van der Waals surface area contributed by atoms with Gasteiger partial charge in [0.15, 0.2) is 6.17 Å². The molecule has 0 aromatic heterocycles. The van der Waals surface area contributed by atoms with Crippen molar-refractivity contribution in [2.24, 2.45) is 0 Å². The summed E-state index contributed by atoms with van der Waals surface area (Å²) in [6.07, 6.45) is -13.1. The molecule has 0 aliphatic carbocycles. The predicted molar refractivity (Wildman–Crippen MR) is 26.1 cm³/mol. The zero-order chi connectivity index (χ0) is 9.94. The van der Waals surface area contributed by atoms with E-state index in [0.29, 0.717) is 0 Å². The Balaban J connectivity index is 4.36. The topological polar surface area (TPSA) is 0 Å². The quantitative estimate of drug-likeness (QED) is 0.595. The van der Waals surface area contributed by atoms with Crippen molar-refractivity contribution >= 4 is 0 Å². The van der Waals surface area contributed by atoms with Gasteiger partial charge in [0, 0.05) is 0 Å². The lowest BCUT2D eigenvalue weighted by Crippen LogP contribution is -2.14. The molecule has 0 heterocycles. The van der Waals surface area contributed by atoms with Crippen LogP contribution in [0.15, 0.2) is 11.9 Å². The standard InChI is InChI=1S/C5H3F7/c6-2(4(8)9)1-3(7)5(10,11)12/h1-2,4H. The lowest BCUT2D eigenvalue weighted by Gasteiger charge is -2.04. The molecule has 1 unspecified atom stereocenters. The molecular formula is C5H3F7. The molecule has 0 aliphatic rings. The van der Waals surface area contributed by atoms with Crippen LogP contribution in [0.2, 0.25) is 0 Å². The van der Waals surface area contributed by atoms with Crippen molar-refractivity contribution in [2.45, 2.75) is 18.8 Å². The van der Waals surface area contributed by atoms with E-state index < -0.39 is 30.7 Å². The maximum absolute atomic E-state index is 11.7. The molecule has 0 radical (unpaired) electrons. The fourth-order valence-corrected chi connectivity index (χ4v) is 0.307. The summed E-state index contributed by atoms with van der Waals surface area (Å²) in [7, 11) is 0. The third kappa shape index (κ3) is 3.59. The van der Waals surface area contributed by atoms with Crippen LogP contribution in [0.3, 0.4) is 0 Å². The van der Waals surface area contributed by atoms with E-state index in [1.54, 1.807) is 0 Å². The Labute approximate surface area is 62.7 Å². The van der Waals surface area contributed by atoms with Crippen molar-refractivity contribution in [3.05, 3.63) is 11.9 Å². The van der Waals surface area contributed by atoms with Crippen LogP contribution in [0, 0.1) is 0 Å². The highest BCUT2D eigenvalue weighted by molar-refractivity contribution is 5.03. The van der Waals surface area contributed by atoms with Crippen molar-refractivity contribution in [1.82, 2.24) is 0 Å². The second-order valence-electron chi connectivity index (χ2n) is 1.79. The highest BCUT2D eigenvalue weighted by atomic mass is 19.4. The van der Waals surface area contributed by atoms with Crippen LogP contribution >= 0.6 is 0 Å². The van der Waals surface area contributed by atoms with Crippen LogP contribution in [0.1, 0.15) is 0 Å². The minimum absolute atomic E-state index is 0.801. The Kier molecular flexibility index (Phi) is 3.54. The Morgan fingerprint density at radius 2 is 1.50 bits per heavy atom. The van der Waals surface area contributed by atoms with Gasteiger partial charge in [-0.1, -0.05) is 0 Å². The Bertz CT molecular complexity index is 167. The molecule has 0 saturated carbocycles. The van der Waals surface area contributed by atoms with Gasteiger partial charge in [0.1, 0.15) is 0 Å². The van der Waals surface area contributed by atoms with Crippen LogP contribution in [0.4, 0.5) is 30.7 Å². The Morgan fingerprint density at radius 3 is 1.75 bits per heavy atom. The zero-order valence-electron chi connectivity index (χ0n) is 5.38. The summed E-state index contributed by atoms with van der Waals surface area (Å²) in [4.78, 5) is 0. The third-order valence-electron chi connectivity index (χ3n) is 0.817. The van der Waals surface area contributed by atoms with E-state index in [2.05, 4.69) is 0 Å². The average molecular weight is 196 g/mol. The lowest BCUT2D eigenvalue weighted by atomic mass is 10.3. The molecule has 0 spiro atoms. The Hall–Kier alpha value is -0.750. The second-order valence-corrected chi connectivity index (χ2v) is 1.79. The number of allylic oxidation sites excluding steroid dienone is 2. The van der Waals surface area contributed by atoms with Crippen LogP contribution in [0.5, 0.6) is 0 Å². The predicted octanol–water partition coefficient (Wildman–Crippen LogP) is 3.01. The number of alkyl halides is 6. The summed E-state index contributed by atoms with van der Waals surface area (Å²) in [6, 6.07) is 0. The summed E-state index contributed by atoms with van der Waals surface area (Å²) in [5.41, 5.74) is 0. The molecule has 0 rings (SSSR count). The molecular weight excluding hydrogens is 193 g/mol. The molecule has 72 valence electrons. The van der Waals surface area contributed by atoms with E-state index >= 15 is 0 Å².